The molecule has 1 saturated carbocycles. The second-order valence-corrected chi connectivity index (χ2v) is 5.70. The molecule has 1 aromatic carbocycles. The number of aromatic amines is 1. The van der Waals surface area contributed by atoms with Crippen LogP contribution >= 0.6 is 0 Å². The molecule has 21 heavy (non-hydrogen) atoms. The molecule has 1 fully saturated rings. The van der Waals surface area contributed by atoms with Gasteiger partial charge in [0.1, 0.15) is 0 Å². The molecule has 5 heteroatoms. The van der Waals surface area contributed by atoms with E-state index in [2.05, 4.69) is 15.5 Å². The van der Waals surface area contributed by atoms with Gasteiger partial charge < -0.3 is 11.1 Å². The van der Waals surface area contributed by atoms with Gasteiger partial charge in [-0.3, -0.25) is 9.89 Å². The highest BCUT2D eigenvalue weighted by Gasteiger charge is 2.39. The maximum Gasteiger partial charge on any atom is 0.231 e. The number of hydrogen-bond acceptors (Lipinski definition) is 3. The third kappa shape index (κ3) is 2.69. The molecule has 2 aromatic rings. The number of carbonyl (C=O) groups excluding carboxylic acids is 1. The van der Waals surface area contributed by atoms with Gasteiger partial charge in [-0.05, 0) is 31.0 Å². The molecular weight excluding hydrogens is 264 g/mol. The fraction of sp³-hybridized carbons (Fsp3) is 0.375. The zero-order valence-corrected chi connectivity index (χ0v) is 11.9. The molecule has 1 aliphatic rings. The zero-order chi connectivity index (χ0) is 14.7. The fourth-order valence-electron chi connectivity index (χ4n) is 3.02. The summed E-state index contributed by atoms with van der Waals surface area (Å²) in [5, 5.41) is 9.90. The van der Waals surface area contributed by atoms with Gasteiger partial charge in [-0.2, -0.15) is 5.10 Å². The summed E-state index contributed by atoms with van der Waals surface area (Å²) in [6.45, 7) is 0.416. The van der Waals surface area contributed by atoms with Gasteiger partial charge in [-0.1, -0.05) is 25.0 Å². The Morgan fingerprint density at radius 1 is 1.33 bits per heavy atom. The number of amides is 1. The average Bonchev–Trinajstić information content (AvgIpc) is 3.20. The van der Waals surface area contributed by atoms with Crippen molar-refractivity contribution in [3.63, 3.8) is 0 Å². The molecule has 0 aliphatic heterocycles. The quantitative estimate of drug-likeness (QED) is 0.806. The molecule has 3 rings (SSSR count). The number of rotatable bonds is 4. The van der Waals surface area contributed by atoms with Crippen LogP contribution in [-0.4, -0.2) is 22.6 Å². The predicted molar refractivity (Wildman–Crippen MR) is 82.6 cm³/mol. The van der Waals surface area contributed by atoms with E-state index >= 15 is 0 Å². The molecule has 1 aromatic heterocycles. The van der Waals surface area contributed by atoms with Crippen LogP contribution in [0.3, 0.4) is 0 Å². The first-order valence-electron chi connectivity index (χ1n) is 7.35. The molecule has 0 radical (unpaired) electrons. The Morgan fingerprint density at radius 2 is 2.14 bits per heavy atom. The Morgan fingerprint density at radius 3 is 2.81 bits per heavy atom. The number of nitrogens with one attached hydrogen (secondary N) is 2. The lowest BCUT2D eigenvalue weighted by molar-refractivity contribution is -0.124. The highest BCUT2D eigenvalue weighted by Crippen LogP contribution is 2.38. The summed E-state index contributed by atoms with van der Waals surface area (Å²) in [6.07, 6.45) is 5.64. The number of hydrogen-bond donors (Lipinski definition) is 3. The minimum atomic E-state index is -0.385. The van der Waals surface area contributed by atoms with Crippen molar-refractivity contribution < 1.29 is 4.79 Å². The number of anilines is 1. The molecule has 4 N–H and O–H groups in total. The Bertz CT molecular complexity index is 615. The molecule has 1 amide bonds. The molecule has 110 valence electrons. The molecule has 1 heterocycles. The van der Waals surface area contributed by atoms with Gasteiger partial charge in [0.15, 0.2) is 0 Å². The Hall–Kier alpha value is -2.14. The Kier molecular flexibility index (Phi) is 3.75. The van der Waals surface area contributed by atoms with Gasteiger partial charge in [-0.25, -0.2) is 0 Å². The number of H-pyrrole nitrogens is 1. The molecule has 0 spiro atoms. The standard InChI is InChI=1S/C16H20N4O/c17-11-16(7-1-2-8-16)15(21)19-13-5-3-4-12(10-13)14-6-9-18-20-14/h3-6,9-10H,1-2,7-8,11,17H2,(H,18,20)(H,19,21). The number of carbonyl (C=O) groups is 1. The second kappa shape index (κ2) is 5.69. The second-order valence-electron chi connectivity index (χ2n) is 5.70. The molecule has 5 nitrogen and oxygen atoms in total. The summed E-state index contributed by atoms with van der Waals surface area (Å²) in [7, 11) is 0. The first-order chi connectivity index (χ1) is 10.2. The van der Waals surface area contributed by atoms with Crippen molar-refractivity contribution in [2.45, 2.75) is 25.7 Å². The van der Waals surface area contributed by atoms with E-state index in [9.17, 15) is 4.79 Å². The van der Waals surface area contributed by atoms with Gasteiger partial charge in [0, 0.05) is 24.0 Å². The summed E-state index contributed by atoms with van der Waals surface area (Å²) in [5.74, 6) is 0.0456. The minimum Gasteiger partial charge on any atom is -0.329 e. The van der Waals surface area contributed by atoms with Crippen molar-refractivity contribution in [2.75, 3.05) is 11.9 Å². The number of aromatic nitrogens is 2. The number of benzene rings is 1. The van der Waals surface area contributed by atoms with E-state index in [4.69, 9.17) is 5.73 Å². The van der Waals surface area contributed by atoms with Crippen LogP contribution in [-0.2, 0) is 4.79 Å². The van der Waals surface area contributed by atoms with Crippen LogP contribution in [0, 0.1) is 5.41 Å². The van der Waals surface area contributed by atoms with Gasteiger partial charge in [0.2, 0.25) is 5.91 Å². The Balaban J connectivity index is 1.79. The van der Waals surface area contributed by atoms with Gasteiger partial charge >= 0.3 is 0 Å². The highest BCUT2D eigenvalue weighted by atomic mass is 16.2. The van der Waals surface area contributed by atoms with Crippen molar-refractivity contribution >= 4 is 11.6 Å². The van der Waals surface area contributed by atoms with E-state index in [1.54, 1.807) is 6.20 Å². The highest BCUT2D eigenvalue weighted by molar-refractivity contribution is 5.96. The Labute approximate surface area is 123 Å². The van der Waals surface area contributed by atoms with Crippen molar-refractivity contribution in [3.05, 3.63) is 36.5 Å². The van der Waals surface area contributed by atoms with Gasteiger partial charge in [0.05, 0.1) is 11.1 Å². The molecule has 0 saturated heterocycles. The van der Waals surface area contributed by atoms with E-state index in [1.165, 1.54) is 0 Å². The summed E-state index contributed by atoms with van der Waals surface area (Å²) in [6, 6.07) is 9.66. The van der Waals surface area contributed by atoms with E-state index < -0.39 is 0 Å². The lowest BCUT2D eigenvalue weighted by Gasteiger charge is -2.25. The van der Waals surface area contributed by atoms with Crippen LogP contribution in [0.5, 0.6) is 0 Å². The monoisotopic (exact) mass is 284 g/mol. The minimum absolute atomic E-state index is 0.0456. The lowest BCUT2D eigenvalue weighted by Crippen LogP contribution is -2.40. The molecule has 0 unspecified atom stereocenters. The van der Waals surface area contributed by atoms with Crippen molar-refractivity contribution in [1.82, 2.24) is 10.2 Å². The van der Waals surface area contributed by atoms with Crippen LogP contribution in [0.15, 0.2) is 36.5 Å². The van der Waals surface area contributed by atoms with Crippen LogP contribution in [0.4, 0.5) is 5.69 Å². The first-order valence-corrected chi connectivity index (χ1v) is 7.35. The van der Waals surface area contributed by atoms with Crippen molar-refractivity contribution in [2.24, 2.45) is 11.1 Å². The smallest absolute Gasteiger partial charge is 0.231 e. The van der Waals surface area contributed by atoms with Crippen LogP contribution in [0.1, 0.15) is 25.7 Å². The third-order valence-corrected chi connectivity index (χ3v) is 4.37. The zero-order valence-electron chi connectivity index (χ0n) is 11.9. The number of nitrogens with zero attached hydrogens (tertiary/aromatic N) is 1. The largest absolute Gasteiger partial charge is 0.329 e. The maximum atomic E-state index is 12.6. The summed E-state index contributed by atoms with van der Waals surface area (Å²) < 4.78 is 0. The van der Waals surface area contributed by atoms with Crippen LogP contribution in [0.2, 0.25) is 0 Å². The van der Waals surface area contributed by atoms with Crippen LogP contribution in [0.25, 0.3) is 11.3 Å². The van der Waals surface area contributed by atoms with Crippen molar-refractivity contribution in [3.8, 4) is 11.3 Å². The molecule has 1 aliphatic carbocycles. The molecule has 0 bridgehead atoms. The summed E-state index contributed by atoms with van der Waals surface area (Å²) in [4.78, 5) is 12.6. The predicted octanol–water partition coefficient (Wildman–Crippen LogP) is 2.53. The molecular formula is C16H20N4O. The van der Waals surface area contributed by atoms with E-state index in [0.717, 1.165) is 42.6 Å². The lowest BCUT2D eigenvalue weighted by atomic mass is 9.85. The fourth-order valence-corrected chi connectivity index (χ4v) is 3.02. The van der Waals surface area contributed by atoms with Gasteiger partial charge in [0.25, 0.3) is 0 Å². The summed E-state index contributed by atoms with van der Waals surface area (Å²) >= 11 is 0. The molecule has 0 atom stereocenters. The van der Waals surface area contributed by atoms with Gasteiger partial charge in [-0.15, -0.1) is 0 Å². The topological polar surface area (TPSA) is 83.8 Å². The summed E-state index contributed by atoms with van der Waals surface area (Å²) in [5.41, 5.74) is 8.20. The third-order valence-electron chi connectivity index (χ3n) is 4.37. The maximum absolute atomic E-state index is 12.6. The SMILES string of the molecule is NCC1(C(=O)Nc2cccc(-c3ccn[nH]3)c2)CCCC1. The van der Waals surface area contributed by atoms with E-state index in [1.807, 2.05) is 30.3 Å². The van der Waals surface area contributed by atoms with E-state index in [0.29, 0.717) is 6.54 Å². The van der Waals surface area contributed by atoms with Crippen molar-refractivity contribution in [1.29, 1.82) is 0 Å². The first kappa shape index (κ1) is 13.8. The average molecular weight is 284 g/mol. The van der Waals surface area contributed by atoms with Crippen LogP contribution < -0.4 is 11.1 Å². The normalized spacial score (nSPS) is 16.8. The number of nitrogens with two attached hydrogens (primary N) is 1. The van der Waals surface area contributed by atoms with E-state index in [-0.39, 0.29) is 11.3 Å².